The molecule has 8 aromatic rings. The van der Waals surface area contributed by atoms with E-state index in [1.165, 1.54) is 6.07 Å². The minimum Gasteiger partial charge on any atom is -0.309 e. The first kappa shape index (κ1) is 29.6. The third kappa shape index (κ3) is 4.57. The maximum absolute atomic E-state index is 14.5. The van der Waals surface area contributed by atoms with Gasteiger partial charge in [0.25, 0.3) is 0 Å². The summed E-state index contributed by atoms with van der Waals surface area (Å²) in [6.45, 7) is 8.17. The summed E-state index contributed by atoms with van der Waals surface area (Å²) in [6.07, 6.45) is -4.56. The molecule has 0 bridgehead atoms. The van der Waals surface area contributed by atoms with Crippen LogP contribution in [0.3, 0.4) is 0 Å². The molecule has 8 rings (SSSR count). The van der Waals surface area contributed by atoms with Crippen molar-refractivity contribution in [3.8, 4) is 28.6 Å². The molecule has 0 aliphatic heterocycles. The Morgan fingerprint density at radius 1 is 0.479 bits per heavy atom. The summed E-state index contributed by atoms with van der Waals surface area (Å²) in [6, 6.07) is 36.4. The molecule has 0 saturated heterocycles. The van der Waals surface area contributed by atoms with Crippen molar-refractivity contribution in [3.63, 3.8) is 0 Å². The molecule has 2 heterocycles. The number of aryl methyl sites for hydroxylation is 4. The fourth-order valence-electron chi connectivity index (χ4n) is 7.16. The molecule has 234 valence electrons. The van der Waals surface area contributed by atoms with Crippen LogP contribution in [0, 0.1) is 39.0 Å². The smallest absolute Gasteiger partial charge is 0.309 e. The van der Waals surface area contributed by atoms with Gasteiger partial charge in [-0.25, -0.2) is 0 Å². The van der Waals surface area contributed by atoms with Crippen molar-refractivity contribution >= 4 is 43.6 Å². The average Bonchev–Trinajstić information content (AvgIpc) is 3.54. The van der Waals surface area contributed by atoms with E-state index in [1.54, 1.807) is 24.3 Å². The quantitative estimate of drug-likeness (QED) is 0.191. The first-order chi connectivity index (χ1) is 23.0. The molecule has 0 N–H and O–H groups in total. The summed E-state index contributed by atoms with van der Waals surface area (Å²) < 4.78 is 47.6. The van der Waals surface area contributed by atoms with Crippen LogP contribution in [-0.2, 0) is 6.18 Å². The van der Waals surface area contributed by atoms with Crippen molar-refractivity contribution in [3.05, 3.63) is 143 Å². The van der Waals surface area contributed by atoms with Crippen molar-refractivity contribution in [2.45, 2.75) is 33.9 Å². The third-order valence-electron chi connectivity index (χ3n) is 9.37. The first-order valence-corrected chi connectivity index (χ1v) is 15.8. The van der Waals surface area contributed by atoms with Crippen LogP contribution >= 0.6 is 0 Å². The maximum atomic E-state index is 14.5. The first-order valence-electron chi connectivity index (χ1n) is 15.8. The van der Waals surface area contributed by atoms with E-state index >= 15 is 0 Å². The summed E-state index contributed by atoms with van der Waals surface area (Å²) in [7, 11) is 0. The van der Waals surface area contributed by atoms with Crippen molar-refractivity contribution in [1.82, 2.24) is 9.13 Å². The monoisotopic (exact) mass is 633 g/mol. The second kappa shape index (κ2) is 10.6. The van der Waals surface area contributed by atoms with Gasteiger partial charge in [-0.05, 0) is 107 Å². The molecule has 2 aromatic heterocycles. The molecule has 0 amide bonds. The van der Waals surface area contributed by atoms with E-state index in [1.807, 2.05) is 76.2 Å². The second-order valence-corrected chi connectivity index (χ2v) is 12.8. The van der Waals surface area contributed by atoms with E-state index < -0.39 is 11.7 Å². The van der Waals surface area contributed by atoms with Crippen LogP contribution in [0.15, 0.2) is 109 Å². The molecule has 0 atom stereocenters. The minimum atomic E-state index is -4.56. The van der Waals surface area contributed by atoms with Gasteiger partial charge in [0.1, 0.15) is 0 Å². The molecule has 6 heteroatoms. The Bertz CT molecular complexity index is 2540. The molecule has 6 aromatic carbocycles. The van der Waals surface area contributed by atoms with Crippen molar-refractivity contribution in [1.29, 1.82) is 5.26 Å². The molecule has 3 nitrogen and oxygen atoms in total. The number of hydrogen-bond acceptors (Lipinski definition) is 1. The van der Waals surface area contributed by atoms with Crippen LogP contribution in [0.5, 0.6) is 0 Å². The topological polar surface area (TPSA) is 33.6 Å². The summed E-state index contributed by atoms with van der Waals surface area (Å²) in [5, 5.41) is 14.2. The SMILES string of the molecule is Cc1ccc2c(c1)c1cc(C)ccc1n2-c1ccc(C(F)(F)F)cc1-c1ccc(C#N)cc1-n1c2ccc(C)cc2c2cc(C)ccc21. The van der Waals surface area contributed by atoms with Crippen molar-refractivity contribution < 1.29 is 13.2 Å². The van der Waals surface area contributed by atoms with Gasteiger partial charge in [-0.2, -0.15) is 18.4 Å². The number of fused-ring (bicyclic) bond motifs is 6. The van der Waals surface area contributed by atoms with Crippen LogP contribution in [0.25, 0.3) is 66.1 Å². The molecular weight excluding hydrogens is 603 g/mol. The Kier molecular flexibility index (Phi) is 6.54. The number of rotatable bonds is 3. The number of halogens is 3. The molecule has 0 fully saturated rings. The Balaban J connectivity index is 1.53. The molecule has 48 heavy (non-hydrogen) atoms. The molecule has 0 spiro atoms. The van der Waals surface area contributed by atoms with Crippen LogP contribution in [-0.4, -0.2) is 9.13 Å². The van der Waals surface area contributed by atoms with E-state index in [2.05, 4.69) is 39.5 Å². The lowest BCUT2D eigenvalue weighted by molar-refractivity contribution is -0.137. The number of alkyl halides is 3. The zero-order valence-electron chi connectivity index (χ0n) is 26.9. The van der Waals surface area contributed by atoms with Crippen LogP contribution in [0.1, 0.15) is 33.4 Å². The molecule has 0 aliphatic carbocycles. The number of hydrogen-bond donors (Lipinski definition) is 0. The largest absolute Gasteiger partial charge is 0.416 e. The van der Waals surface area contributed by atoms with E-state index in [9.17, 15) is 18.4 Å². The zero-order valence-corrected chi connectivity index (χ0v) is 26.9. The Hall–Kier alpha value is -5.80. The zero-order chi connectivity index (χ0) is 33.5. The number of aromatic nitrogens is 2. The molecule has 0 saturated carbocycles. The van der Waals surface area contributed by atoms with Gasteiger partial charge < -0.3 is 9.13 Å². The van der Waals surface area contributed by atoms with E-state index in [4.69, 9.17) is 0 Å². The number of nitrogens with zero attached hydrogens (tertiary/aromatic N) is 3. The summed E-state index contributed by atoms with van der Waals surface area (Å²) in [4.78, 5) is 0. The molecule has 0 aliphatic rings. The van der Waals surface area contributed by atoms with E-state index in [-0.39, 0.29) is 0 Å². The van der Waals surface area contributed by atoms with Gasteiger partial charge in [0.05, 0.1) is 50.6 Å². The third-order valence-corrected chi connectivity index (χ3v) is 9.37. The Morgan fingerprint density at radius 3 is 1.33 bits per heavy atom. The number of nitriles is 1. The van der Waals surface area contributed by atoms with Gasteiger partial charge >= 0.3 is 6.18 Å². The van der Waals surface area contributed by atoms with Crippen LogP contribution in [0.2, 0.25) is 0 Å². The fraction of sp³-hybridized carbons (Fsp3) is 0.119. The fourth-order valence-corrected chi connectivity index (χ4v) is 7.16. The second-order valence-electron chi connectivity index (χ2n) is 12.8. The van der Waals surface area contributed by atoms with Gasteiger partial charge in [-0.1, -0.05) is 52.6 Å². The van der Waals surface area contributed by atoms with Crippen molar-refractivity contribution in [2.75, 3.05) is 0 Å². The average molecular weight is 634 g/mol. The van der Waals surface area contributed by atoms with Gasteiger partial charge in [-0.15, -0.1) is 0 Å². The maximum Gasteiger partial charge on any atom is 0.416 e. The Morgan fingerprint density at radius 2 is 0.917 bits per heavy atom. The summed E-state index contributed by atoms with van der Waals surface area (Å²) >= 11 is 0. The van der Waals surface area contributed by atoms with Crippen molar-refractivity contribution in [2.24, 2.45) is 0 Å². The summed E-state index contributed by atoms with van der Waals surface area (Å²) in [5.74, 6) is 0. The highest BCUT2D eigenvalue weighted by molar-refractivity contribution is 6.12. The predicted octanol–water partition coefficient (Wildman–Crippen LogP) is 11.7. The van der Waals surface area contributed by atoms with Gasteiger partial charge in [0.2, 0.25) is 0 Å². The normalized spacial score (nSPS) is 12.0. The summed E-state index contributed by atoms with van der Waals surface area (Å²) in [5.41, 5.74) is 9.97. The highest BCUT2D eigenvalue weighted by Gasteiger charge is 2.32. The van der Waals surface area contributed by atoms with Crippen LogP contribution < -0.4 is 0 Å². The van der Waals surface area contributed by atoms with Gasteiger partial charge in [0.15, 0.2) is 0 Å². The Labute approximate surface area is 275 Å². The number of benzene rings is 6. The molecule has 0 radical (unpaired) electrons. The van der Waals surface area contributed by atoms with E-state index in [0.29, 0.717) is 28.1 Å². The lowest BCUT2D eigenvalue weighted by atomic mass is 9.97. The minimum absolute atomic E-state index is 0.415. The standard InChI is InChI=1S/C42H30F3N3/c1-24-5-12-36-31(17-24)32-18-25(2)6-13-37(32)47(36)40-16-10-29(42(43,44)45)22-35(40)30-11-9-28(23-46)21-41(30)48-38-14-7-26(3)19-33(38)34-20-27(4)8-15-39(34)48/h5-22H,1-4H3. The molecular formula is C42H30F3N3. The van der Waals surface area contributed by atoms with Gasteiger partial charge in [-0.3, -0.25) is 0 Å². The van der Waals surface area contributed by atoms with E-state index in [0.717, 1.165) is 71.9 Å². The lowest BCUT2D eigenvalue weighted by Gasteiger charge is -2.20. The van der Waals surface area contributed by atoms with Crippen LogP contribution in [0.4, 0.5) is 13.2 Å². The lowest BCUT2D eigenvalue weighted by Crippen LogP contribution is -2.08. The molecule has 0 unspecified atom stereocenters. The highest BCUT2D eigenvalue weighted by Crippen LogP contribution is 2.43. The highest BCUT2D eigenvalue weighted by atomic mass is 19.4. The predicted molar refractivity (Wildman–Crippen MR) is 189 cm³/mol. The van der Waals surface area contributed by atoms with Gasteiger partial charge in [0, 0.05) is 32.7 Å².